The van der Waals surface area contributed by atoms with Gasteiger partial charge in [-0.05, 0) is 113 Å². The van der Waals surface area contributed by atoms with Crippen LogP contribution in [-0.2, 0) is 20.8 Å². The smallest absolute Gasteiger partial charge is 0.272 e. The Morgan fingerprint density at radius 2 is 1.45 bits per heavy atom. The van der Waals surface area contributed by atoms with Crippen LogP contribution in [0.1, 0.15) is 87.3 Å². The fraction of sp³-hybridized carbons (Fsp3) is 0.469. The number of aromatic amines is 1. The van der Waals surface area contributed by atoms with Gasteiger partial charge in [0.05, 0.1) is 27.8 Å². The van der Waals surface area contributed by atoms with E-state index in [1.54, 1.807) is 41.3 Å². The number of piperazine rings is 1. The summed E-state index contributed by atoms with van der Waals surface area (Å²) in [5.74, 6) is -2.42. The third kappa shape index (κ3) is 8.49. The summed E-state index contributed by atoms with van der Waals surface area (Å²) < 4.78 is 15.1. The topological polar surface area (TPSA) is 180 Å². The predicted molar refractivity (Wildman–Crippen MR) is 241 cm³/mol. The first-order chi connectivity index (χ1) is 32.0. The summed E-state index contributed by atoms with van der Waals surface area (Å²) in [6.07, 6.45) is 5.34. The number of nitrogens with one attached hydrogen (secondary N) is 2. The number of hydrogen-bond acceptors (Lipinski definition) is 11. The number of piperidine rings is 3. The van der Waals surface area contributed by atoms with E-state index in [0.717, 1.165) is 88.5 Å². The highest BCUT2D eigenvalue weighted by atomic mass is 19.1. The van der Waals surface area contributed by atoms with Gasteiger partial charge in [0, 0.05) is 81.7 Å². The average molecular weight is 900 g/mol. The number of benzene rings is 3. The number of imide groups is 2. The monoisotopic (exact) mass is 899 g/mol. The van der Waals surface area contributed by atoms with Gasteiger partial charge in [0.2, 0.25) is 17.7 Å². The summed E-state index contributed by atoms with van der Waals surface area (Å²) in [6.45, 7) is 8.01. The van der Waals surface area contributed by atoms with Crippen molar-refractivity contribution < 1.29 is 33.2 Å². The summed E-state index contributed by atoms with van der Waals surface area (Å²) in [7, 11) is 0. The fourth-order valence-electron chi connectivity index (χ4n) is 11.1. The zero-order valence-corrected chi connectivity index (χ0v) is 36.9. The number of aromatic nitrogens is 2. The summed E-state index contributed by atoms with van der Waals surface area (Å²) >= 11 is 0. The first kappa shape index (κ1) is 43.6. The van der Waals surface area contributed by atoms with Crippen molar-refractivity contribution in [1.29, 1.82) is 0 Å². The molecule has 3 aromatic carbocycles. The Morgan fingerprint density at radius 3 is 2.21 bits per heavy atom. The molecule has 10 rings (SSSR count). The molecule has 66 heavy (non-hydrogen) atoms. The maximum absolute atomic E-state index is 15.1. The van der Waals surface area contributed by atoms with Crippen molar-refractivity contribution in [2.75, 3.05) is 76.9 Å². The molecule has 6 aliphatic rings. The lowest BCUT2D eigenvalue weighted by molar-refractivity contribution is -0.139. The molecular weight excluding hydrogens is 846 g/mol. The van der Waals surface area contributed by atoms with Crippen LogP contribution in [0, 0.1) is 17.7 Å². The molecule has 0 spiro atoms. The minimum absolute atomic E-state index is 0.0147. The fourth-order valence-corrected chi connectivity index (χ4v) is 11.1. The number of rotatable bonds is 9. The van der Waals surface area contributed by atoms with Crippen LogP contribution in [0.5, 0.6) is 0 Å². The lowest BCUT2D eigenvalue weighted by Gasteiger charge is -2.43. The lowest BCUT2D eigenvalue weighted by atomic mass is 9.92. The van der Waals surface area contributed by atoms with Crippen molar-refractivity contribution in [2.45, 2.75) is 63.5 Å². The normalized spacial score (nSPS) is 22.7. The molecule has 6 aliphatic heterocycles. The predicted octanol–water partition coefficient (Wildman–Crippen LogP) is 3.04. The molecule has 0 aliphatic carbocycles. The van der Waals surface area contributed by atoms with Crippen LogP contribution in [0.15, 0.2) is 65.5 Å². The van der Waals surface area contributed by atoms with Crippen LogP contribution < -0.4 is 15.8 Å². The number of likely N-dealkylation sites (tertiary alicyclic amines) is 2. The molecule has 5 saturated heterocycles. The van der Waals surface area contributed by atoms with Gasteiger partial charge in [-0.25, -0.2) is 9.49 Å². The summed E-state index contributed by atoms with van der Waals surface area (Å²) in [4.78, 5) is 102. The third-order valence-corrected chi connectivity index (χ3v) is 14.8. The van der Waals surface area contributed by atoms with Crippen molar-refractivity contribution in [3.8, 4) is 0 Å². The molecule has 4 aromatic rings. The van der Waals surface area contributed by atoms with Gasteiger partial charge in [-0.1, -0.05) is 24.3 Å². The van der Waals surface area contributed by atoms with Gasteiger partial charge in [-0.2, -0.15) is 5.10 Å². The van der Waals surface area contributed by atoms with E-state index in [0.29, 0.717) is 77.7 Å². The average Bonchev–Trinajstić information content (AvgIpc) is 3.91. The zero-order valence-electron chi connectivity index (χ0n) is 36.9. The Balaban J connectivity index is 0.653. The molecule has 1 aromatic heterocycles. The maximum atomic E-state index is 15.1. The number of fused-ring (bicyclic) bond motifs is 2. The number of nitrogens with zero attached hydrogens (tertiary/aromatic N) is 7. The molecule has 16 nitrogen and oxygen atoms in total. The maximum Gasteiger partial charge on any atom is 0.272 e. The molecule has 2 atom stereocenters. The van der Waals surface area contributed by atoms with E-state index in [1.807, 2.05) is 23.1 Å². The molecule has 0 radical (unpaired) electrons. The highest BCUT2D eigenvalue weighted by Crippen LogP contribution is 2.34. The van der Waals surface area contributed by atoms with Crippen LogP contribution in [-0.4, -0.2) is 154 Å². The Hall–Kier alpha value is -6.33. The van der Waals surface area contributed by atoms with E-state index >= 15 is 4.39 Å². The number of anilines is 1. The van der Waals surface area contributed by atoms with Crippen molar-refractivity contribution in [3.63, 3.8) is 0 Å². The SMILES string of the molecule is O=C1CCC(N2C(=O)c3ccc(N4CC[C@H](CN5CCC(N6CCC(C(=O)N7CCN(C(=O)c8cc(Cc9n[nH]c(=O)c%10ccccc9%10)ccc8F)CC7)CC6)CC5)C4)cc3C2=O)C(=O)N1. The van der Waals surface area contributed by atoms with Crippen molar-refractivity contribution in [1.82, 2.24) is 40.0 Å². The number of H-pyrrole nitrogens is 1. The van der Waals surface area contributed by atoms with E-state index in [2.05, 4.69) is 30.2 Å². The van der Waals surface area contributed by atoms with Gasteiger partial charge in [0.1, 0.15) is 11.9 Å². The highest BCUT2D eigenvalue weighted by Gasteiger charge is 2.45. The number of carbonyl (C=O) groups is 6. The molecule has 2 N–H and O–H groups in total. The molecular formula is C49H54FN9O7. The zero-order chi connectivity index (χ0) is 45.6. The van der Waals surface area contributed by atoms with E-state index in [4.69, 9.17) is 0 Å². The van der Waals surface area contributed by atoms with E-state index in [9.17, 15) is 33.6 Å². The number of amides is 6. The molecule has 7 heterocycles. The Labute approximate surface area is 381 Å². The van der Waals surface area contributed by atoms with Gasteiger partial charge >= 0.3 is 0 Å². The second-order valence-electron chi connectivity index (χ2n) is 18.8. The standard InChI is InChI=1S/C49H54FN9O7/c50-40-8-5-30(26-41-35-3-1-2-4-36(35)44(61)53-52-41)25-39(40)47(64)57-23-21-56(22-24-57)46(63)32-12-19-55(20-13-32)33-14-16-54(17-15-33)28-31-11-18-58(29-31)34-6-7-37-38(27-34)49(66)59(48(37)65)42-9-10-43(60)51-45(42)62/h1-8,25,27,31-33,42H,9-24,26,28-29H2,(H,53,61)(H,51,60,62)/t31-,42?/m1/s1. The van der Waals surface area contributed by atoms with Gasteiger partial charge in [-0.3, -0.25) is 43.8 Å². The largest absolute Gasteiger partial charge is 0.371 e. The molecule has 1 unspecified atom stereocenters. The molecule has 344 valence electrons. The second kappa shape index (κ2) is 18.2. The summed E-state index contributed by atoms with van der Waals surface area (Å²) in [5.41, 5.74) is 2.52. The van der Waals surface area contributed by atoms with Crippen molar-refractivity contribution in [2.24, 2.45) is 11.8 Å². The van der Waals surface area contributed by atoms with Crippen LogP contribution in [0.4, 0.5) is 10.1 Å². The van der Waals surface area contributed by atoms with E-state index in [1.165, 1.54) is 6.07 Å². The van der Waals surface area contributed by atoms with Gasteiger partial charge in [0.25, 0.3) is 23.3 Å². The minimum atomic E-state index is -0.982. The van der Waals surface area contributed by atoms with Crippen LogP contribution in [0.2, 0.25) is 0 Å². The summed E-state index contributed by atoms with van der Waals surface area (Å²) in [5, 5.41) is 10.2. The first-order valence-electron chi connectivity index (χ1n) is 23.4. The van der Waals surface area contributed by atoms with Crippen molar-refractivity contribution in [3.05, 3.63) is 105 Å². The molecule has 0 bridgehead atoms. The van der Waals surface area contributed by atoms with Gasteiger partial charge in [-0.15, -0.1) is 0 Å². The molecule has 5 fully saturated rings. The van der Waals surface area contributed by atoms with E-state index in [-0.39, 0.29) is 35.8 Å². The lowest BCUT2D eigenvalue weighted by Crippen LogP contribution is -2.54. The van der Waals surface area contributed by atoms with E-state index < -0.39 is 41.4 Å². The summed E-state index contributed by atoms with van der Waals surface area (Å²) in [6, 6.07) is 16.5. The Kier molecular flexibility index (Phi) is 12.0. The van der Waals surface area contributed by atoms with Crippen LogP contribution in [0.3, 0.4) is 0 Å². The molecule has 0 saturated carbocycles. The van der Waals surface area contributed by atoms with Gasteiger partial charge in [0.15, 0.2) is 0 Å². The molecule has 6 amide bonds. The molecule has 17 heteroatoms. The Bertz CT molecular complexity index is 2670. The second-order valence-corrected chi connectivity index (χ2v) is 18.8. The van der Waals surface area contributed by atoms with Crippen LogP contribution >= 0.6 is 0 Å². The van der Waals surface area contributed by atoms with Crippen molar-refractivity contribution >= 4 is 51.9 Å². The first-order valence-corrected chi connectivity index (χ1v) is 23.4. The Morgan fingerprint density at radius 1 is 0.727 bits per heavy atom. The number of halogens is 1. The van der Waals surface area contributed by atoms with Crippen LogP contribution in [0.25, 0.3) is 10.8 Å². The van der Waals surface area contributed by atoms with Gasteiger partial charge < -0.3 is 24.5 Å². The number of hydrogen-bond donors (Lipinski definition) is 2. The number of carbonyl (C=O) groups excluding carboxylic acids is 6. The minimum Gasteiger partial charge on any atom is -0.371 e. The quantitative estimate of drug-likeness (QED) is 0.236. The third-order valence-electron chi connectivity index (χ3n) is 14.8. The highest BCUT2D eigenvalue weighted by molar-refractivity contribution is 6.23.